The Balaban J connectivity index is 1.55. The molecule has 0 bridgehead atoms. The highest BCUT2D eigenvalue weighted by Gasteiger charge is 2.08. The van der Waals surface area contributed by atoms with Crippen LogP contribution in [-0.4, -0.2) is 0 Å². The first-order valence-corrected chi connectivity index (χ1v) is 9.78. The molecule has 5 rings (SSSR count). The van der Waals surface area contributed by atoms with E-state index in [9.17, 15) is 0 Å². The molecule has 29 heavy (non-hydrogen) atoms. The molecule has 0 aliphatic carbocycles. The zero-order chi connectivity index (χ0) is 19.5. The fourth-order valence-electron chi connectivity index (χ4n) is 3.67. The van der Waals surface area contributed by atoms with Gasteiger partial charge in [0, 0.05) is 0 Å². The molecule has 5 aromatic rings. The van der Waals surface area contributed by atoms with Crippen molar-refractivity contribution in [1.29, 1.82) is 0 Å². The molecule has 1 nitrogen and oxygen atoms in total. The molecule has 0 saturated carbocycles. The Kier molecular flexibility index (Phi) is 4.56. The first-order valence-electron chi connectivity index (χ1n) is 9.78. The van der Waals surface area contributed by atoms with Crippen LogP contribution in [0.2, 0.25) is 0 Å². The van der Waals surface area contributed by atoms with Crippen LogP contribution in [0, 0.1) is 0 Å². The maximum Gasteiger partial charge on any atom is 0.127 e. The minimum Gasteiger partial charge on any atom is -0.457 e. The van der Waals surface area contributed by atoms with E-state index in [1.807, 2.05) is 42.5 Å². The van der Waals surface area contributed by atoms with E-state index in [0.29, 0.717) is 0 Å². The molecule has 0 N–H and O–H groups in total. The van der Waals surface area contributed by atoms with E-state index in [4.69, 9.17) is 4.74 Å². The summed E-state index contributed by atoms with van der Waals surface area (Å²) in [6.07, 6.45) is 0. The molecule has 0 saturated heterocycles. The maximum absolute atomic E-state index is 5.93. The summed E-state index contributed by atoms with van der Waals surface area (Å²) in [5, 5.41) is 2.51. The summed E-state index contributed by atoms with van der Waals surface area (Å²) >= 11 is 0. The molecule has 0 radical (unpaired) electrons. The standard InChI is InChI=1S/C28H20O/c1-3-9-22(10-4-1)28-20-24(19-23-11-7-8-14-27(23)28)21-15-17-26(18-16-21)29-25-12-5-2-6-13-25/h1-20H. The van der Waals surface area contributed by atoms with E-state index >= 15 is 0 Å². The van der Waals surface area contributed by atoms with Gasteiger partial charge in [-0.25, -0.2) is 0 Å². The minimum atomic E-state index is 0.837. The topological polar surface area (TPSA) is 9.23 Å². The highest BCUT2D eigenvalue weighted by atomic mass is 16.5. The highest BCUT2D eigenvalue weighted by Crippen LogP contribution is 2.35. The van der Waals surface area contributed by atoms with Gasteiger partial charge in [0.15, 0.2) is 0 Å². The monoisotopic (exact) mass is 372 g/mol. The molecule has 0 unspecified atom stereocenters. The summed E-state index contributed by atoms with van der Waals surface area (Å²) in [5.74, 6) is 1.68. The van der Waals surface area contributed by atoms with Gasteiger partial charge >= 0.3 is 0 Å². The molecule has 0 aromatic heterocycles. The lowest BCUT2D eigenvalue weighted by atomic mass is 9.93. The third-order valence-electron chi connectivity index (χ3n) is 5.11. The van der Waals surface area contributed by atoms with Gasteiger partial charge in [0.05, 0.1) is 0 Å². The van der Waals surface area contributed by atoms with Crippen LogP contribution < -0.4 is 4.74 Å². The molecule has 0 atom stereocenters. The summed E-state index contributed by atoms with van der Waals surface area (Å²) in [4.78, 5) is 0. The molecule has 0 aliphatic rings. The Hall–Kier alpha value is -3.84. The predicted molar refractivity (Wildman–Crippen MR) is 121 cm³/mol. The van der Waals surface area contributed by atoms with Crippen molar-refractivity contribution in [2.75, 3.05) is 0 Å². The number of para-hydroxylation sites is 1. The number of ether oxygens (including phenoxy) is 1. The largest absolute Gasteiger partial charge is 0.457 e. The van der Waals surface area contributed by atoms with Crippen molar-refractivity contribution in [3.8, 4) is 33.8 Å². The van der Waals surface area contributed by atoms with Crippen molar-refractivity contribution >= 4 is 10.8 Å². The van der Waals surface area contributed by atoms with Gasteiger partial charge in [0.25, 0.3) is 0 Å². The third kappa shape index (κ3) is 3.63. The van der Waals surface area contributed by atoms with Crippen molar-refractivity contribution in [2.24, 2.45) is 0 Å². The zero-order valence-electron chi connectivity index (χ0n) is 16.0. The molecule has 0 heterocycles. The summed E-state index contributed by atoms with van der Waals surface area (Å²) in [7, 11) is 0. The summed E-state index contributed by atoms with van der Waals surface area (Å²) in [5.41, 5.74) is 4.86. The van der Waals surface area contributed by atoms with Crippen LogP contribution in [0.1, 0.15) is 0 Å². The Morgan fingerprint density at radius 1 is 0.414 bits per heavy atom. The minimum absolute atomic E-state index is 0.837. The van der Waals surface area contributed by atoms with Crippen molar-refractivity contribution in [3.63, 3.8) is 0 Å². The number of rotatable bonds is 4. The number of hydrogen-bond donors (Lipinski definition) is 0. The maximum atomic E-state index is 5.93. The molecular formula is C28H20O. The molecule has 1 heteroatoms. The smallest absolute Gasteiger partial charge is 0.127 e. The van der Waals surface area contributed by atoms with Gasteiger partial charge in [-0.15, -0.1) is 0 Å². The van der Waals surface area contributed by atoms with E-state index in [1.165, 1.54) is 33.0 Å². The first-order chi connectivity index (χ1) is 14.4. The van der Waals surface area contributed by atoms with E-state index in [1.54, 1.807) is 0 Å². The normalized spacial score (nSPS) is 10.8. The molecule has 138 valence electrons. The second-order valence-electron chi connectivity index (χ2n) is 7.05. The van der Waals surface area contributed by atoms with Crippen LogP contribution in [0.5, 0.6) is 11.5 Å². The predicted octanol–water partition coefficient (Wildman–Crippen LogP) is 7.97. The van der Waals surface area contributed by atoms with Gasteiger partial charge in [0.1, 0.15) is 11.5 Å². The molecule has 0 spiro atoms. The number of fused-ring (bicyclic) bond motifs is 1. The van der Waals surface area contributed by atoms with E-state index < -0.39 is 0 Å². The Morgan fingerprint density at radius 2 is 1.03 bits per heavy atom. The fourth-order valence-corrected chi connectivity index (χ4v) is 3.67. The average molecular weight is 372 g/mol. The molecule has 0 fully saturated rings. The van der Waals surface area contributed by atoms with Crippen LogP contribution in [0.4, 0.5) is 0 Å². The van der Waals surface area contributed by atoms with Gasteiger partial charge in [-0.05, 0) is 69.4 Å². The van der Waals surface area contributed by atoms with Gasteiger partial charge < -0.3 is 4.74 Å². The Bertz CT molecular complexity index is 1240. The van der Waals surface area contributed by atoms with Crippen LogP contribution >= 0.6 is 0 Å². The Labute approximate surface area is 170 Å². The quantitative estimate of drug-likeness (QED) is 0.311. The second-order valence-corrected chi connectivity index (χ2v) is 7.05. The third-order valence-corrected chi connectivity index (χ3v) is 5.11. The van der Waals surface area contributed by atoms with Crippen LogP contribution in [-0.2, 0) is 0 Å². The summed E-state index contributed by atoms with van der Waals surface area (Å²) in [6, 6.07) is 41.8. The van der Waals surface area contributed by atoms with E-state index in [0.717, 1.165) is 11.5 Å². The fraction of sp³-hybridized carbons (Fsp3) is 0. The first kappa shape index (κ1) is 17.3. The summed E-state index contributed by atoms with van der Waals surface area (Å²) in [6.45, 7) is 0. The van der Waals surface area contributed by atoms with Gasteiger partial charge in [-0.1, -0.05) is 84.9 Å². The zero-order valence-corrected chi connectivity index (χ0v) is 16.0. The second kappa shape index (κ2) is 7.65. The van der Waals surface area contributed by atoms with E-state index in [-0.39, 0.29) is 0 Å². The highest BCUT2D eigenvalue weighted by molar-refractivity contribution is 6.00. The molecular weight excluding hydrogens is 352 g/mol. The van der Waals surface area contributed by atoms with Crippen LogP contribution in [0.15, 0.2) is 121 Å². The summed E-state index contributed by atoms with van der Waals surface area (Å²) < 4.78 is 5.93. The number of hydrogen-bond acceptors (Lipinski definition) is 1. The van der Waals surface area contributed by atoms with E-state index in [2.05, 4.69) is 78.9 Å². The van der Waals surface area contributed by atoms with Crippen molar-refractivity contribution in [2.45, 2.75) is 0 Å². The number of benzene rings is 5. The van der Waals surface area contributed by atoms with Crippen molar-refractivity contribution in [1.82, 2.24) is 0 Å². The lowest BCUT2D eigenvalue weighted by Crippen LogP contribution is -1.86. The van der Waals surface area contributed by atoms with Gasteiger partial charge in [-0.3, -0.25) is 0 Å². The Morgan fingerprint density at radius 3 is 1.79 bits per heavy atom. The van der Waals surface area contributed by atoms with Crippen LogP contribution in [0.3, 0.4) is 0 Å². The van der Waals surface area contributed by atoms with Crippen molar-refractivity contribution in [3.05, 3.63) is 121 Å². The SMILES string of the molecule is c1ccc(Oc2ccc(-c3cc(-c4ccccc4)c4ccccc4c3)cc2)cc1. The van der Waals surface area contributed by atoms with Crippen LogP contribution in [0.25, 0.3) is 33.0 Å². The van der Waals surface area contributed by atoms with Gasteiger partial charge in [-0.2, -0.15) is 0 Å². The lowest BCUT2D eigenvalue weighted by Gasteiger charge is -2.12. The van der Waals surface area contributed by atoms with Gasteiger partial charge in [0.2, 0.25) is 0 Å². The molecule has 0 amide bonds. The van der Waals surface area contributed by atoms with Crippen molar-refractivity contribution < 1.29 is 4.74 Å². The molecule has 0 aliphatic heterocycles. The lowest BCUT2D eigenvalue weighted by molar-refractivity contribution is 0.483. The molecule has 5 aromatic carbocycles. The average Bonchev–Trinajstić information content (AvgIpc) is 2.80.